The summed E-state index contributed by atoms with van der Waals surface area (Å²) in [5.41, 5.74) is 1.25. The zero-order chi connectivity index (χ0) is 13.8. The van der Waals surface area contributed by atoms with Gasteiger partial charge in [-0.25, -0.2) is 0 Å². The summed E-state index contributed by atoms with van der Waals surface area (Å²) >= 11 is 6.09. The maximum absolute atomic E-state index is 6.09. The van der Waals surface area contributed by atoms with Crippen molar-refractivity contribution in [2.24, 2.45) is 0 Å². The monoisotopic (exact) mass is 279 g/mol. The van der Waals surface area contributed by atoms with Gasteiger partial charge >= 0.3 is 0 Å². The molecular formula is C18H28Cl. The Morgan fingerprint density at radius 1 is 0.895 bits per heavy atom. The van der Waals surface area contributed by atoms with Gasteiger partial charge in [-0.15, -0.1) is 0 Å². The SMILES string of the molecule is CCCCCCCCCCCCc1ccc[c]c1Cl. The predicted molar refractivity (Wildman–Crippen MR) is 85.8 cm³/mol. The summed E-state index contributed by atoms with van der Waals surface area (Å²) in [4.78, 5) is 0. The number of unbranched alkanes of at least 4 members (excludes halogenated alkanes) is 9. The van der Waals surface area contributed by atoms with Crippen LogP contribution >= 0.6 is 11.6 Å². The Morgan fingerprint density at radius 2 is 1.47 bits per heavy atom. The molecule has 0 saturated carbocycles. The lowest BCUT2D eigenvalue weighted by molar-refractivity contribution is 0.556. The van der Waals surface area contributed by atoms with Crippen molar-refractivity contribution in [3.05, 3.63) is 34.9 Å². The lowest BCUT2D eigenvalue weighted by Crippen LogP contribution is -1.87. The highest BCUT2D eigenvalue weighted by atomic mass is 35.5. The Bertz CT molecular complexity index is 319. The molecule has 0 spiro atoms. The summed E-state index contributed by atoms with van der Waals surface area (Å²) in [6.45, 7) is 2.27. The Labute approximate surface area is 124 Å². The van der Waals surface area contributed by atoms with Crippen molar-refractivity contribution in [2.45, 2.75) is 77.6 Å². The topological polar surface area (TPSA) is 0 Å². The normalized spacial score (nSPS) is 10.8. The molecule has 0 fully saturated rings. The molecule has 1 radical (unpaired) electrons. The van der Waals surface area contributed by atoms with Crippen molar-refractivity contribution in [1.29, 1.82) is 0 Å². The van der Waals surface area contributed by atoms with Gasteiger partial charge in [-0.05, 0) is 18.4 Å². The highest BCUT2D eigenvalue weighted by molar-refractivity contribution is 6.31. The third-order valence-electron chi connectivity index (χ3n) is 3.69. The molecule has 0 aliphatic carbocycles. The first-order valence-corrected chi connectivity index (χ1v) is 8.37. The van der Waals surface area contributed by atoms with Gasteiger partial charge in [-0.2, -0.15) is 0 Å². The fourth-order valence-corrected chi connectivity index (χ4v) is 2.67. The minimum atomic E-state index is 0.804. The summed E-state index contributed by atoms with van der Waals surface area (Å²) in [7, 11) is 0. The summed E-state index contributed by atoms with van der Waals surface area (Å²) < 4.78 is 0. The van der Waals surface area contributed by atoms with Gasteiger partial charge in [0.25, 0.3) is 0 Å². The minimum absolute atomic E-state index is 0.804. The highest BCUT2D eigenvalue weighted by Gasteiger charge is 1.99. The molecule has 0 nitrogen and oxygen atoms in total. The highest BCUT2D eigenvalue weighted by Crippen LogP contribution is 2.18. The van der Waals surface area contributed by atoms with Crippen LogP contribution in [0.25, 0.3) is 0 Å². The maximum atomic E-state index is 6.09. The van der Waals surface area contributed by atoms with Gasteiger partial charge in [0.05, 0.1) is 5.02 Å². The molecule has 0 aromatic heterocycles. The Morgan fingerprint density at radius 3 is 2.05 bits per heavy atom. The van der Waals surface area contributed by atoms with E-state index in [1.54, 1.807) is 0 Å². The molecule has 1 heteroatoms. The molecule has 0 atom stereocenters. The van der Waals surface area contributed by atoms with Gasteiger partial charge in [-0.1, -0.05) is 94.5 Å². The second-order valence-corrected chi connectivity index (χ2v) is 5.82. The van der Waals surface area contributed by atoms with Crippen LogP contribution in [-0.2, 0) is 6.42 Å². The number of benzene rings is 1. The average molecular weight is 280 g/mol. The number of hydrogen-bond acceptors (Lipinski definition) is 0. The summed E-state index contributed by atoms with van der Waals surface area (Å²) in [6, 6.07) is 9.07. The predicted octanol–water partition coefficient (Wildman–Crippen LogP) is 6.60. The van der Waals surface area contributed by atoms with Gasteiger partial charge in [-0.3, -0.25) is 0 Å². The zero-order valence-corrected chi connectivity index (χ0v) is 13.1. The fraction of sp³-hybridized carbons (Fsp3) is 0.667. The molecule has 0 unspecified atom stereocenters. The summed E-state index contributed by atoms with van der Waals surface area (Å²) in [5.74, 6) is 0. The molecule has 0 heterocycles. The van der Waals surface area contributed by atoms with E-state index in [0.717, 1.165) is 11.4 Å². The molecule has 1 rings (SSSR count). The first-order chi connectivity index (χ1) is 9.34. The van der Waals surface area contributed by atoms with E-state index in [1.807, 2.05) is 12.1 Å². The minimum Gasteiger partial charge on any atom is -0.0834 e. The van der Waals surface area contributed by atoms with Crippen molar-refractivity contribution < 1.29 is 0 Å². The van der Waals surface area contributed by atoms with Crippen LogP contribution in [-0.4, -0.2) is 0 Å². The molecular weight excluding hydrogens is 252 g/mol. The molecule has 0 bridgehead atoms. The smallest absolute Gasteiger partial charge is 0.0516 e. The van der Waals surface area contributed by atoms with Crippen LogP contribution in [0.5, 0.6) is 0 Å². The lowest BCUT2D eigenvalue weighted by atomic mass is 10.0. The van der Waals surface area contributed by atoms with Crippen LogP contribution in [0.4, 0.5) is 0 Å². The van der Waals surface area contributed by atoms with Crippen LogP contribution < -0.4 is 0 Å². The van der Waals surface area contributed by atoms with Crippen LogP contribution in [0.1, 0.15) is 76.7 Å². The molecule has 107 valence electrons. The number of hydrogen-bond donors (Lipinski definition) is 0. The molecule has 0 amide bonds. The third-order valence-corrected chi connectivity index (χ3v) is 4.04. The Balaban J connectivity index is 1.90. The Hall–Kier alpha value is -0.490. The van der Waals surface area contributed by atoms with Crippen LogP contribution in [0.3, 0.4) is 0 Å². The van der Waals surface area contributed by atoms with Crippen molar-refractivity contribution in [2.75, 3.05) is 0 Å². The molecule has 0 aliphatic rings. The van der Waals surface area contributed by atoms with Crippen molar-refractivity contribution in [3.8, 4) is 0 Å². The second-order valence-electron chi connectivity index (χ2n) is 5.44. The molecule has 19 heavy (non-hydrogen) atoms. The van der Waals surface area contributed by atoms with E-state index in [2.05, 4.69) is 19.1 Å². The fourth-order valence-electron chi connectivity index (χ4n) is 2.45. The van der Waals surface area contributed by atoms with Gasteiger partial charge in [0.1, 0.15) is 0 Å². The number of rotatable bonds is 11. The molecule has 0 N–H and O–H groups in total. The first kappa shape index (κ1) is 16.6. The lowest BCUT2D eigenvalue weighted by Gasteiger charge is -2.04. The van der Waals surface area contributed by atoms with E-state index >= 15 is 0 Å². The van der Waals surface area contributed by atoms with Gasteiger partial charge < -0.3 is 0 Å². The second kappa shape index (κ2) is 11.3. The van der Waals surface area contributed by atoms with E-state index in [-0.39, 0.29) is 0 Å². The number of aryl methyl sites for hydroxylation is 1. The summed E-state index contributed by atoms with van der Waals surface area (Å²) in [5, 5.41) is 0.804. The number of halogens is 1. The van der Waals surface area contributed by atoms with Crippen molar-refractivity contribution in [3.63, 3.8) is 0 Å². The quantitative estimate of drug-likeness (QED) is 0.400. The van der Waals surface area contributed by atoms with Crippen molar-refractivity contribution >= 4 is 11.6 Å². The third kappa shape index (κ3) is 8.31. The van der Waals surface area contributed by atoms with E-state index in [0.29, 0.717) is 0 Å². The van der Waals surface area contributed by atoms with Gasteiger partial charge in [0.2, 0.25) is 0 Å². The van der Waals surface area contributed by atoms with Crippen LogP contribution in [0.2, 0.25) is 5.02 Å². The molecule has 1 aromatic rings. The van der Waals surface area contributed by atoms with Crippen molar-refractivity contribution in [1.82, 2.24) is 0 Å². The van der Waals surface area contributed by atoms with E-state index in [4.69, 9.17) is 11.6 Å². The van der Waals surface area contributed by atoms with E-state index < -0.39 is 0 Å². The van der Waals surface area contributed by atoms with E-state index in [1.165, 1.54) is 69.8 Å². The van der Waals surface area contributed by atoms with Gasteiger partial charge in [0.15, 0.2) is 0 Å². The maximum Gasteiger partial charge on any atom is 0.0516 e. The average Bonchev–Trinajstić information content (AvgIpc) is 2.43. The molecule has 0 saturated heterocycles. The zero-order valence-electron chi connectivity index (χ0n) is 12.4. The molecule has 1 aromatic carbocycles. The first-order valence-electron chi connectivity index (χ1n) is 7.99. The van der Waals surface area contributed by atoms with Crippen LogP contribution in [0, 0.1) is 6.07 Å². The largest absolute Gasteiger partial charge is 0.0834 e. The summed E-state index contributed by atoms with van der Waals surface area (Å²) in [6.07, 6.45) is 14.9. The van der Waals surface area contributed by atoms with Gasteiger partial charge in [0, 0.05) is 6.07 Å². The van der Waals surface area contributed by atoms with Crippen LogP contribution in [0.15, 0.2) is 18.2 Å². The van der Waals surface area contributed by atoms with E-state index in [9.17, 15) is 0 Å². The molecule has 0 aliphatic heterocycles. The standard InChI is InChI=1S/C18H28Cl/c1-2-3-4-5-6-7-8-9-10-11-14-17-15-12-13-16-18(17)19/h12-13,15H,2-11,14H2,1H3. The Kier molecular flexibility index (Phi) is 9.89.